The smallest absolute Gasteiger partial charge is 0.0619 e. The zero-order chi connectivity index (χ0) is 32.5. The minimum absolute atomic E-state index is 0.0575. The van der Waals surface area contributed by atoms with Gasteiger partial charge in [-0.05, 0) is 89.7 Å². The summed E-state index contributed by atoms with van der Waals surface area (Å²) in [5, 5.41) is 9.16. The SMILES string of the molecule is CC(C)(C)c1c2ccccc2c(C(C)(C)C)c2cc3c(cc12)c(-c1ccccc1)c(-c1ccccc1)n3-c1ccc2ccccc2c1. The van der Waals surface area contributed by atoms with E-state index in [-0.39, 0.29) is 10.8 Å². The fourth-order valence-electron chi connectivity index (χ4n) is 7.92. The van der Waals surface area contributed by atoms with Crippen LogP contribution in [0.5, 0.6) is 0 Å². The minimum atomic E-state index is -0.0627. The van der Waals surface area contributed by atoms with E-state index in [1.54, 1.807) is 0 Å². The molecule has 1 heterocycles. The average Bonchev–Trinajstić information content (AvgIpc) is 3.39. The summed E-state index contributed by atoms with van der Waals surface area (Å²) in [7, 11) is 0. The van der Waals surface area contributed by atoms with Gasteiger partial charge in [-0.3, -0.25) is 0 Å². The Kier molecular flexibility index (Phi) is 6.67. The highest BCUT2D eigenvalue weighted by molar-refractivity contribution is 6.16. The predicted octanol–water partition coefficient (Wildman–Crippen LogP) is 13.0. The van der Waals surface area contributed by atoms with E-state index in [4.69, 9.17) is 0 Å². The van der Waals surface area contributed by atoms with E-state index in [0.29, 0.717) is 0 Å². The number of hydrogen-bond donors (Lipinski definition) is 0. The summed E-state index contributed by atoms with van der Waals surface area (Å²) in [6.45, 7) is 14.2. The van der Waals surface area contributed by atoms with Crippen molar-refractivity contribution in [3.8, 4) is 28.1 Å². The fraction of sp³-hybridized carbons (Fsp3) is 0.174. The first-order valence-electron chi connectivity index (χ1n) is 16.8. The highest BCUT2D eigenvalue weighted by atomic mass is 15.0. The van der Waals surface area contributed by atoms with Crippen LogP contribution in [0, 0.1) is 0 Å². The van der Waals surface area contributed by atoms with Gasteiger partial charge in [-0.15, -0.1) is 0 Å². The number of benzene rings is 7. The molecule has 0 spiro atoms. The summed E-state index contributed by atoms with van der Waals surface area (Å²) in [5.41, 5.74) is 10.0. The monoisotopic (exact) mass is 607 g/mol. The van der Waals surface area contributed by atoms with Crippen molar-refractivity contribution in [3.05, 3.63) is 151 Å². The van der Waals surface area contributed by atoms with Crippen molar-refractivity contribution in [2.45, 2.75) is 52.4 Å². The molecule has 0 saturated heterocycles. The molecule has 1 aromatic heterocycles. The van der Waals surface area contributed by atoms with Gasteiger partial charge in [0.15, 0.2) is 0 Å². The molecule has 8 rings (SSSR count). The van der Waals surface area contributed by atoms with E-state index < -0.39 is 0 Å². The molecule has 0 atom stereocenters. The predicted molar refractivity (Wildman–Crippen MR) is 204 cm³/mol. The third-order valence-corrected chi connectivity index (χ3v) is 9.71. The largest absolute Gasteiger partial charge is 0.309 e. The molecule has 0 N–H and O–H groups in total. The summed E-state index contributed by atoms with van der Waals surface area (Å²) >= 11 is 0. The molecule has 8 aromatic rings. The lowest BCUT2D eigenvalue weighted by Gasteiger charge is -2.30. The van der Waals surface area contributed by atoms with E-state index in [9.17, 15) is 0 Å². The van der Waals surface area contributed by atoms with Gasteiger partial charge in [0.1, 0.15) is 0 Å². The molecule has 0 saturated carbocycles. The van der Waals surface area contributed by atoms with Gasteiger partial charge in [-0.2, -0.15) is 0 Å². The fourth-order valence-corrected chi connectivity index (χ4v) is 7.92. The quantitative estimate of drug-likeness (QED) is 0.176. The Bertz CT molecular complexity index is 2450. The summed E-state index contributed by atoms with van der Waals surface area (Å²) in [6, 6.07) is 51.6. The van der Waals surface area contributed by atoms with Crippen LogP contribution in [0.15, 0.2) is 140 Å². The maximum atomic E-state index is 2.53. The zero-order valence-corrected chi connectivity index (χ0v) is 28.2. The van der Waals surface area contributed by atoms with E-state index >= 15 is 0 Å². The van der Waals surface area contributed by atoms with Gasteiger partial charge >= 0.3 is 0 Å². The molecule has 0 radical (unpaired) electrons. The van der Waals surface area contributed by atoms with Gasteiger partial charge in [0, 0.05) is 16.6 Å². The molecule has 0 aliphatic carbocycles. The molecule has 1 nitrogen and oxygen atoms in total. The standard InChI is InChI=1S/C46H41N/c1-45(2,3)42-35-23-15-16-24-36(35)43(46(4,5)6)38-29-40-39(28-37(38)42)41(31-18-9-7-10-19-31)44(32-20-11-8-12-21-32)47(40)34-26-25-30-17-13-14-22-33(30)27-34/h7-29H,1-6H3. The number of fused-ring (bicyclic) bond motifs is 4. The maximum absolute atomic E-state index is 2.53. The highest BCUT2D eigenvalue weighted by Gasteiger charge is 2.30. The molecule has 0 fully saturated rings. The average molecular weight is 608 g/mol. The molecule has 230 valence electrons. The number of rotatable bonds is 3. The first kappa shape index (κ1) is 29.3. The Labute approximate surface area is 278 Å². The second-order valence-corrected chi connectivity index (χ2v) is 15.0. The van der Waals surface area contributed by atoms with E-state index in [1.807, 2.05) is 0 Å². The van der Waals surface area contributed by atoms with Crippen LogP contribution in [0.25, 0.3) is 71.3 Å². The molecule has 7 aromatic carbocycles. The van der Waals surface area contributed by atoms with Gasteiger partial charge in [0.05, 0.1) is 11.2 Å². The van der Waals surface area contributed by atoms with Crippen LogP contribution in [0.1, 0.15) is 52.7 Å². The highest BCUT2D eigenvalue weighted by Crippen LogP contribution is 2.49. The van der Waals surface area contributed by atoms with Crippen LogP contribution in [0.3, 0.4) is 0 Å². The maximum Gasteiger partial charge on any atom is 0.0619 e. The van der Waals surface area contributed by atoms with Crippen LogP contribution < -0.4 is 0 Å². The van der Waals surface area contributed by atoms with Crippen molar-refractivity contribution in [3.63, 3.8) is 0 Å². The van der Waals surface area contributed by atoms with Crippen LogP contribution in [-0.4, -0.2) is 4.57 Å². The molecule has 0 aliphatic rings. The van der Waals surface area contributed by atoms with Crippen molar-refractivity contribution < 1.29 is 0 Å². The van der Waals surface area contributed by atoms with Gasteiger partial charge in [0.2, 0.25) is 0 Å². The molecule has 0 aliphatic heterocycles. The number of nitrogens with zero attached hydrogens (tertiary/aromatic N) is 1. The molecular weight excluding hydrogens is 567 g/mol. The van der Waals surface area contributed by atoms with Gasteiger partial charge in [-0.1, -0.05) is 157 Å². The van der Waals surface area contributed by atoms with Crippen molar-refractivity contribution in [2.24, 2.45) is 0 Å². The van der Waals surface area contributed by atoms with Crippen molar-refractivity contribution in [1.82, 2.24) is 4.57 Å². The summed E-state index contributed by atoms with van der Waals surface area (Å²) in [6.07, 6.45) is 0. The second kappa shape index (κ2) is 10.7. The molecule has 1 heteroatoms. The Balaban J connectivity index is 1.66. The lowest BCUT2D eigenvalue weighted by molar-refractivity contribution is 0.593. The molecular formula is C46H41N. The number of aromatic nitrogens is 1. The van der Waals surface area contributed by atoms with Gasteiger partial charge in [-0.25, -0.2) is 0 Å². The first-order chi connectivity index (χ1) is 22.6. The van der Waals surface area contributed by atoms with Crippen LogP contribution in [0.2, 0.25) is 0 Å². The number of hydrogen-bond acceptors (Lipinski definition) is 0. The molecule has 0 amide bonds. The molecule has 0 bridgehead atoms. The van der Waals surface area contributed by atoms with Crippen molar-refractivity contribution in [1.29, 1.82) is 0 Å². The van der Waals surface area contributed by atoms with Crippen molar-refractivity contribution in [2.75, 3.05) is 0 Å². The first-order valence-corrected chi connectivity index (χ1v) is 16.8. The van der Waals surface area contributed by atoms with Crippen molar-refractivity contribution >= 4 is 43.2 Å². The topological polar surface area (TPSA) is 4.93 Å². The Hall–Kier alpha value is -5.14. The van der Waals surface area contributed by atoms with E-state index in [2.05, 4.69) is 186 Å². The summed E-state index contributed by atoms with van der Waals surface area (Å²) in [4.78, 5) is 0. The lowest BCUT2D eigenvalue weighted by atomic mass is 9.74. The molecule has 0 unspecified atom stereocenters. The van der Waals surface area contributed by atoms with E-state index in [0.717, 1.165) is 0 Å². The normalized spacial score (nSPS) is 12.5. The Morgan fingerprint density at radius 2 is 0.915 bits per heavy atom. The third kappa shape index (κ3) is 4.76. The van der Waals surface area contributed by atoms with E-state index in [1.165, 1.54) is 82.4 Å². The zero-order valence-electron chi connectivity index (χ0n) is 28.2. The second-order valence-electron chi connectivity index (χ2n) is 15.0. The Morgan fingerprint density at radius 3 is 1.51 bits per heavy atom. The van der Waals surface area contributed by atoms with Crippen LogP contribution in [0.4, 0.5) is 0 Å². The third-order valence-electron chi connectivity index (χ3n) is 9.71. The van der Waals surface area contributed by atoms with Crippen LogP contribution >= 0.6 is 0 Å². The summed E-state index contributed by atoms with van der Waals surface area (Å²) in [5.74, 6) is 0. The lowest BCUT2D eigenvalue weighted by Crippen LogP contribution is -2.17. The molecule has 47 heavy (non-hydrogen) atoms. The van der Waals surface area contributed by atoms with Crippen LogP contribution in [-0.2, 0) is 10.8 Å². The van der Waals surface area contributed by atoms with Gasteiger partial charge < -0.3 is 4.57 Å². The minimum Gasteiger partial charge on any atom is -0.309 e. The Morgan fingerprint density at radius 1 is 0.404 bits per heavy atom. The summed E-state index contributed by atoms with van der Waals surface area (Å²) < 4.78 is 2.53. The van der Waals surface area contributed by atoms with Gasteiger partial charge in [0.25, 0.3) is 0 Å².